The molecule has 1 aromatic carbocycles. The van der Waals surface area contributed by atoms with Gasteiger partial charge in [-0.25, -0.2) is 0 Å². The predicted molar refractivity (Wildman–Crippen MR) is 82.4 cm³/mol. The van der Waals surface area contributed by atoms with Crippen LogP contribution in [0.25, 0.3) is 11.3 Å². The van der Waals surface area contributed by atoms with Crippen molar-refractivity contribution >= 4 is 17.2 Å². The molecular formula is C15H14N4O2S. The number of nitrogens with zero attached hydrogens (tertiary/aromatic N) is 3. The predicted octanol–water partition coefficient (Wildman–Crippen LogP) is 2.69. The van der Waals surface area contributed by atoms with Gasteiger partial charge in [0.2, 0.25) is 0 Å². The molecule has 0 unspecified atom stereocenters. The molecule has 0 radical (unpaired) electrons. The summed E-state index contributed by atoms with van der Waals surface area (Å²) in [6.07, 6.45) is 0.843. The van der Waals surface area contributed by atoms with E-state index in [1.165, 1.54) is 11.3 Å². The number of aryl methyl sites for hydroxylation is 1. The molecular weight excluding hydrogens is 300 g/mol. The highest BCUT2D eigenvalue weighted by molar-refractivity contribution is 7.11. The topological polar surface area (TPSA) is 80.9 Å². The molecule has 0 aliphatic carbocycles. The summed E-state index contributed by atoms with van der Waals surface area (Å²) in [5, 5.41) is 16.3. The van der Waals surface area contributed by atoms with Gasteiger partial charge in [-0.15, -0.1) is 10.2 Å². The summed E-state index contributed by atoms with van der Waals surface area (Å²) >= 11 is 1.49. The van der Waals surface area contributed by atoms with E-state index in [9.17, 15) is 4.79 Å². The summed E-state index contributed by atoms with van der Waals surface area (Å²) in [6, 6.07) is 11.1. The molecule has 1 N–H and O–H groups in total. The van der Waals surface area contributed by atoms with E-state index in [2.05, 4.69) is 20.7 Å². The maximum atomic E-state index is 12.1. The van der Waals surface area contributed by atoms with Crippen molar-refractivity contribution in [2.24, 2.45) is 0 Å². The highest BCUT2D eigenvalue weighted by atomic mass is 32.1. The zero-order valence-electron chi connectivity index (χ0n) is 11.9. The lowest BCUT2D eigenvalue weighted by molar-refractivity contribution is 0.0942. The van der Waals surface area contributed by atoms with Crippen LogP contribution in [-0.4, -0.2) is 21.3 Å². The first kappa shape index (κ1) is 14.4. The summed E-state index contributed by atoms with van der Waals surface area (Å²) in [7, 11) is 0. The average molecular weight is 314 g/mol. The molecule has 0 atom stereocenters. The first-order chi connectivity index (χ1) is 10.8. The maximum Gasteiger partial charge on any atom is 0.273 e. The number of nitrogens with one attached hydrogen (secondary N) is 1. The lowest BCUT2D eigenvalue weighted by Gasteiger charge is -1.97. The Hall–Kier alpha value is -2.54. The van der Waals surface area contributed by atoms with Gasteiger partial charge in [-0.3, -0.25) is 4.79 Å². The van der Waals surface area contributed by atoms with Crippen molar-refractivity contribution in [3.05, 3.63) is 52.1 Å². The van der Waals surface area contributed by atoms with Gasteiger partial charge >= 0.3 is 0 Å². The van der Waals surface area contributed by atoms with Crippen LogP contribution in [0, 0.1) is 0 Å². The Bertz CT molecular complexity index is 767. The van der Waals surface area contributed by atoms with E-state index in [0.717, 1.165) is 22.0 Å². The number of carbonyl (C=O) groups is 1. The number of benzene rings is 1. The van der Waals surface area contributed by atoms with Gasteiger partial charge < -0.3 is 9.84 Å². The third-order valence-electron chi connectivity index (χ3n) is 3.01. The molecule has 0 fully saturated rings. The smallest absolute Gasteiger partial charge is 0.273 e. The van der Waals surface area contributed by atoms with Crippen LogP contribution in [-0.2, 0) is 13.0 Å². The molecule has 3 rings (SSSR count). The van der Waals surface area contributed by atoms with Gasteiger partial charge in [-0.1, -0.05) is 53.7 Å². The van der Waals surface area contributed by atoms with Gasteiger partial charge in [0.1, 0.15) is 10.0 Å². The van der Waals surface area contributed by atoms with Crippen molar-refractivity contribution in [1.82, 2.24) is 20.7 Å². The van der Waals surface area contributed by atoms with Crippen LogP contribution in [0.2, 0.25) is 0 Å². The second kappa shape index (κ2) is 6.48. The zero-order valence-corrected chi connectivity index (χ0v) is 12.8. The van der Waals surface area contributed by atoms with E-state index in [-0.39, 0.29) is 11.6 Å². The van der Waals surface area contributed by atoms with Gasteiger partial charge in [-0.2, -0.15) is 0 Å². The van der Waals surface area contributed by atoms with Crippen LogP contribution in [0.15, 0.2) is 40.9 Å². The van der Waals surface area contributed by atoms with Crippen LogP contribution in [0.4, 0.5) is 0 Å². The minimum Gasteiger partial charge on any atom is -0.355 e. The third kappa shape index (κ3) is 3.20. The Balaban J connectivity index is 1.64. The van der Waals surface area contributed by atoms with Crippen molar-refractivity contribution in [2.75, 3.05) is 0 Å². The lowest BCUT2D eigenvalue weighted by atomic mass is 10.1. The molecule has 2 heterocycles. The molecule has 0 saturated heterocycles. The fraction of sp³-hybridized carbons (Fsp3) is 0.200. The monoisotopic (exact) mass is 314 g/mol. The van der Waals surface area contributed by atoms with Crippen molar-refractivity contribution in [2.45, 2.75) is 19.9 Å². The van der Waals surface area contributed by atoms with Crippen LogP contribution in [0.1, 0.15) is 27.4 Å². The standard InChI is InChI=1S/C15H14N4O2S/c1-2-13-17-18-14(22-13)9-16-15(20)11-8-12(21-19-11)10-6-4-3-5-7-10/h3-8H,2,9H2,1H3,(H,16,20). The molecule has 0 spiro atoms. The average Bonchev–Trinajstić information content (AvgIpc) is 3.22. The van der Waals surface area contributed by atoms with Gasteiger partial charge in [0.25, 0.3) is 5.91 Å². The normalized spacial score (nSPS) is 10.6. The molecule has 22 heavy (non-hydrogen) atoms. The summed E-state index contributed by atoms with van der Waals surface area (Å²) in [6.45, 7) is 2.35. The summed E-state index contributed by atoms with van der Waals surface area (Å²) in [4.78, 5) is 12.1. The van der Waals surface area contributed by atoms with Crippen molar-refractivity contribution < 1.29 is 9.32 Å². The minimum atomic E-state index is -0.292. The first-order valence-electron chi connectivity index (χ1n) is 6.88. The second-order valence-electron chi connectivity index (χ2n) is 4.57. The Morgan fingerprint density at radius 2 is 2.00 bits per heavy atom. The molecule has 0 aliphatic heterocycles. The van der Waals surface area contributed by atoms with Crippen LogP contribution < -0.4 is 5.32 Å². The number of amides is 1. The molecule has 2 aromatic heterocycles. The number of rotatable bonds is 5. The first-order valence-corrected chi connectivity index (χ1v) is 7.69. The Morgan fingerprint density at radius 3 is 2.73 bits per heavy atom. The van der Waals surface area contributed by atoms with Crippen molar-refractivity contribution in [3.63, 3.8) is 0 Å². The van der Waals surface area contributed by atoms with E-state index in [1.807, 2.05) is 37.3 Å². The van der Waals surface area contributed by atoms with E-state index < -0.39 is 0 Å². The van der Waals surface area contributed by atoms with Gasteiger partial charge in [0.15, 0.2) is 11.5 Å². The minimum absolute atomic E-state index is 0.249. The molecule has 0 aliphatic rings. The quantitative estimate of drug-likeness (QED) is 0.783. The van der Waals surface area contributed by atoms with E-state index >= 15 is 0 Å². The van der Waals surface area contributed by atoms with E-state index in [4.69, 9.17) is 4.52 Å². The fourth-order valence-electron chi connectivity index (χ4n) is 1.87. The Morgan fingerprint density at radius 1 is 1.23 bits per heavy atom. The fourth-order valence-corrected chi connectivity index (χ4v) is 2.59. The van der Waals surface area contributed by atoms with E-state index in [1.54, 1.807) is 6.07 Å². The highest BCUT2D eigenvalue weighted by Crippen LogP contribution is 2.19. The van der Waals surface area contributed by atoms with Crippen LogP contribution in [0.3, 0.4) is 0 Å². The summed E-state index contributed by atoms with van der Waals surface area (Å²) in [5.41, 5.74) is 1.13. The molecule has 112 valence electrons. The lowest BCUT2D eigenvalue weighted by Crippen LogP contribution is -2.22. The van der Waals surface area contributed by atoms with E-state index in [0.29, 0.717) is 12.3 Å². The molecule has 3 aromatic rings. The molecule has 7 heteroatoms. The number of carbonyl (C=O) groups excluding carboxylic acids is 1. The molecule has 6 nitrogen and oxygen atoms in total. The zero-order chi connectivity index (χ0) is 15.4. The van der Waals surface area contributed by atoms with Gasteiger partial charge in [0, 0.05) is 11.6 Å². The van der Waals surface area contributed by atoms with Crippen LogP contribution in [0.5, 0.6) is 0 Å². The SMILES string of the molecule is CCc1nnc(CNC(=O)c2cc(-c3ccccc3)on2)s1. The van der Waals surface area contributed by atoms with Crippen molar-refractivity contribution in [1.29, 1.82) is 0 Å². The number of hydrogen-bond acceptors (Lipinski definition) is 6. The molecule has 0 saturated carbocycles. The van der Waals surface area contributed by atoms with Crippen molar-refractivity contribution in [3.8, 4) is 11.3 Å². The van der Waals surface area contributed by atoms with Gasteiger partial charge in [0.05, 0.1) is 6.54 Å². The third-order valence-corrected chi connectivity index (χ3v) is 4.08. The maximum absolute atomic E-state index is 12.1. The number of aromatic nitrogens is 3. The second-order valence-corrected chi connectivity index (χ2v) is 5.71. The van der Waals surface area contributed by atoms with Crippen LogP contribution >= 0.6 is 11.3 Å². The molecule has 1 amide bonds. The van der Waals surface area contributed by atoms with Gasteiger partial charge in [-0.05, 0) is 6.42 Å². The summed E-state index contributed by atoms with van der Waals surface area (Å²) in [5.74, 6) is 0.272. The molecule has 0 bridgehead atoms. The highest BCUT2D eigenvalue weighted by Gasteiger charge is 2.14. The largest absolute Gasteiger partial charge is 0.355 e. The number of hydrogen-bond donors (Lipinski definition) is 1. The Kier molecular flexibility index (Phi) is 4.24. The Labute approximate surface area is 131 Å². The summed E-state index contributed by atoms with van der Waals surface area (Å²) < 4.78 is 5.21.